The highest BCUT2D eigenvalue weighted by molar-refractivity contribution is 5.35. The summed E-state index contributed by atoms with van der Waals surface area (Å²) in [5.41, 5.74) is 1.11. The first-order valence-electron chi connectivity index (χ1n) is 6.30. The van der Waals surface area contributed by atoms with Crippen molar-refractivity contribution in [3.63, 3.8) is 0 Å². The van der Waals surface area contributed by atoms with Gasteiger partial charge < -0.3 is 15.3 Å². The molecule has 1 aliphatic rings. The lowest BCUT2D eigenvalue weighted by Crippen LogP contribution is -2.34. The van der Waals surface area contributed by atoms with Crippen molar-refractivity contribution in [1.29, 1.82) is 0 Å². The average Bonchev–Trinajstić information content (AvgIpc) is 2.87. The quantitative estimate of drug-likeness (QED) is 0.788. The maximum absolute atomic E-state index is 9.91. The van der Waals surface area contributed by atoms with Crippen molar-refractivity contribution in [3.05, 3.63) is 11.8 Å². The summed E-state index contributed by atoms with van der Waals surface area (Å²) in [5, 5.41) is 17.4. The first-order chi connectivity index (χ1) is 8.15. The van der Waals surface area contributed by atoms with Gasteiger partial charge in [0.25, 0.3) is 0 Å². The van der Waals surface area contributed by atoms with E-state index in [1.165, 1.54) is 12.8 Å². The van der Waals surface area contributed by atoms with Crippen LogP contribution in [0.25, 0.3) is 0 Å². The minimum Gasteiger partial charge on any atom is -0.390 e. The maximum atomic E-state index is 9.91. The molecule has 0 aromatic carbocycles. The van der Waals surface area contributed by atoms with Crippen LogP contribution in [-0.4, -0.2) is 52.1 Å². The van der Waals surface area contributed by atoms with Gasteiger partial charge in [-0.3, -0.25) is 4.68 Å². The average molecular weight is 238 g/mol. The molecule has 5 nitrogen and oxygen atoms in total. The fraction of sp³-hybridized carbons (Fsp3) is 0.750. The lowest BCUT2D eigenvalue weighted by atomic mass is 10.3. The van der Waals surface area contributed by atoms with Crippen LogP contribution in [0.15, 0.2) is 6.07 Å². The van der Waals surface area contributed by atoms with Crippen LogP contribution in [0.1, 0.15) is 18.5 Å². The topological polar surface area (TPSA) is 53.3 Å². The number of β-amino-alcohol motifs (C(OH)–C–C–N with tert-alkyl or cyclic N) is 1. The number of hydrogen-bond acceptors (Lipinski definition) is 4. The minimum absolute atomic E-state index is 0.324. The lowest BCUT2D eigenvalue weighted by molar-refractivity contribution is 0.135. The van der Waals surface area contributed by atoms with Gasteiger partial charge in [-0.25, -0.2) is 0 Å². The van der Waals surface area contributed by atoms with Gasteiger partial charge >= 0.3 is 0 Å². The van der Waals surface area contributed by atoms with E-state index in [2.05, 4.69) is 15.3 Å². The van der Waals surface area contributed by atoms with Crippen molar-refractivity contribution in [2.45, 2.75) is 25.9 Å². The number of aliphatic hydroxyl groups excluding tert-OH is 1. The SMILES string of the molecule is Cc1cc(NCC(O)CN2CCCC2)nn1C. The van der Waals surface area contributed by atoms with Gasteiger partial charge in [0.05, 0.1) is 6.10 Å². The first kappa shape index (κ1) is 12.4. The van der Waals surface area contributed by atoms with Crippen molar-refractivity contribution >= 4 is 5.82 Å². The molecule has 2 N–H and O–H groups in total. The maximum Gasteiger partial charge on any atom is 0.148 e. The Bertz CT molecular complexity index is 338. The molecule has 0 aliphatic carbocycles. The van der Waals surface area contributed by atoms with Crippen molar-refractivity contribution < 1.29 is 5.11 Å². The summed E-state index contributed by atoms with van der Waals surface area (Å²) in [6.07, 6.45) is 2.20. The molecular weight excluding hydrogens is 216 g/mol. The number of aryl methyl sites for hydroxylation is 2. The predicted octanol–water partition coefficient (Wildman–Crippen LogP) is 0.597. The molecule has 1 aliphatic heterocycles. The largest absolute Gasteiger partial charge is 0.390 e. The van der Waals surface area contributed by atoms with Crippen LogP contribution in [0.3, 0.4) is 0 Å². The van der Waals surface area contributed by atoms with E-state index in [9.17, 15) is 5.11 Å². The van der Waals surface area contributed by atoms with Crippen LogP contribution < -0.4 is 5.32 Å². The minimum atomic E-state index is -0.324. The van der Waals surface area contributed by atoms with Crippen LogP contribution in [0.4, 0.5) is 5.82 Å². The van der Waals surface area contributed by atoms with E-state index < -0.39 is 0 Å². The zero-order valence-corrected chi connectivity index (χ0v) is 10.7. The number of anilines is 1. The Balaban J connectivity index is 1.73. The van der Waals surface area contributed by atoms with Crippen LogP contribution in [0.2, 0.25) is 0 Å². The van der Waals surface area contributed by atoms with Gasteiger partial charge in [0.15, 0.2) is 0 Å². The Hall–Kier alpha value is -1.07. The standard InChI is InChI=1S/C12H22N4O/c1-10-7-12(14-15(10)2)13-8-11(17)9-16-5-3-4-6-16/h7,11,17H,3-6,8-9H2,1-2H3,(H,13,14). The number of likely N-dealkylation sites (tertiary alicyclic amines) is 1. The van der Waals surface area contributed by atoms with Crippen molar-refractivity contribution in [2.24, 2.45) is 7.05 Å². The van der Waals surface area contributed by atoms with E-state index in [0.29, 0.717) is 6.54 Å². The number of aliphatic hydroxyl groups is 1. The van der Waals surface area contributed by atoms with Gasteiger partial charge in [-0.15, -0.1) is 0 Å². The molecule has 2 heterocycles. The number of rotatable bonds is 5. The van der Waals surface area contributed by atoms with Crippen LogP contribution in [-0.2, 0) is 7.05 Å². The van der Waals surface area contributed by atoms with Gasteiger partial charge in [-0.1, -0.05) is 0 Å². The van der Waals surface area contributed by atoms with E-state index in [0.717, 1.165) is 31.1 Å². The summed E-state index contributed by atoms with van der Waals surface area (Å²) >= 11 is 0. The summed E-state index contributed by atoms with van der Waals surface area (Å²) in [6, 6.07) is 1.99. The van der Waals surface area contributed by atoms with Gasteiger partial charge in [-0.05, 0) is 32.9 Å². The van der Waals surface area contributed by atoms with E-state index in [1.54, 1.807) is 0 Å². The number of nitrogens with zero attached hydrogens (tertiary/aromatic N) is 3. The third kappa shape index (κ3) is 3.44. The van der Waals surface area contributed by atoms with E-state index in [1.807, 2.05) is 24.7 Å². The highest BCUT2D eigenvalue weighted by atomic mass is 16.3. The third-order valence-corrected chi connectivity index (χ3v) is 3.30. The first-order valence-corrected chi connectivity index (χ1v) is 6.30. The smallest absolute Gasteiger partial charge is 0.148 e. The van der Waals surface area contributed by atoms with Gasteiger partial charge in [-0.2, -0.15) is 5.10 Å². The zero-order chi connectivity index (χ0) is 12.3. The number of aromatic nitrogens is 2. The fourth-order valence-corrected chi connectivity index (χ4v) is 2.20. The molecule has 1 unspecified atom stereocenters. The highest BCUT2D eigenvalue weighted by Crippen LogP contribution is 2.09. The molecule has 0 saturated carbocycles. The second-order valence-electron chi connectivity index (χ2n) is 4.84. The fourth-order valence-electron chi connectivity index (χ4n) is 2.20. The van der Waals surface area contributed by atoms with Crippen molar-refractivity contribution in [1.82, 2.24) is 14.7 Å². The van der Waals surface area contributed by atoms with Gasteiger partial charge in [0.1, 0.15) is 5.82 Å². The van der Waals surface area contributed by atoms with Gasteiger partial charge in [0, 0.05) is 31.9 Å². The number of nitrogens with one attached hydrogen (secondary N) is 1. The van der Waals surface area contributed by atoms with Crippen molar-refractivity contribution in [2.75, 3.05) is 31.5 Å². The Morgan fingerprint density at radius 1 is 1.47 bits per heavy atom. The van der Waals surface area contributed by atoms with Crippen LogP contribution in [0, 0.1) is 6.92 Å². The molecule has 0 spiro atoms. The summed E-state index contributed by atoms with van der Waals surface area (Å²) in [6.45, 7) is 5.59. The molecule has 2 rings (SSSR count). The van der Waals surface area contributed by atoms with Crippen molar-refractivity contribution in [3.8, 4) is 0 Å². The molecule has 1 aromatic heterocycles. The molecule has 1 fully saturated rings. The van der Waals surface area contributed by atoms with Crippen LogP contribution >= 0.6 is 0 Å². The van der Waals surface area contributed by atoms with Crippen LogP contribution in [0.5, 0.6) is 0 Å². The van der Waals surface area contributed by atoms with E-state index >= 15 is 0 Å². The van der Waals surface area contributed by atoms with E-state index in [-0.39, 0.29) is 6.10 Å². The molecule has 17 heavy (non-hydrogen) atoms. The predicted molar refractivity (Wildman–Crippen MR) is 68.1 cm³/mol. The highest BCUT2D eigenvalue weighted by Gasteiger charge is 2.15. The summed E-state index contributed by atoms with van der Waals surface area (Å²) < 4.78 is 1.83. The molecule has 0 amide bonds. The van der Waals surface area contributed by atoms with Gasteiger partial charge in [0.2, 0.25) is 0 Å². The molecule has 1 aromatic rings. The number of hydrogen-bond donors (Lipinski definition) is 2. The molecule has 96 valence electrons. The summed E-state index contributed by atoms with van der Waals surface area (Å²) in [5.74, 6) is 0.838. The second kappa shape index (κ2) is 5.51. The molecule has 1 atom stereocenters. The molecule has 5 heteroatoms. The second-order valence-corrected chi connectivity index (χ2v) is 4.84. The Morgan fingerprint density at radius 3 is 2.76 bits per heavy atom. The lowest BCUT2D eigenvalue weighted by Gasteiger charge is -2.19. The molecule has 0 radical (unpaired) electrons. The Morgan fingerprint density at radius 2 is 2.18 bits per heavy atom. The summed E-state index contributed by atoms with van der Waals surface area (Å²) in [4.78, 5) is 2.32. The zero-order valence-electron chi connectivity index (χ0n) is 10.7. The molecule has 1 saturated heterocycles. The Kier molecular flexibility index (Phi) is 4.02. The molecular formula is C12H22N4O. The molecule has 0 bridgehead atoms. The Labute approximate surface area is 102 Å². The third-order valence-electron chi connectivity index (χ3n) is 3.30. The van der Waals surface area contributed by atoms with E-state index in [4.69, 9.17) is 0 Å². The monoisotopic (exact) mass is 238 g/mol. The normalized spacial score (nSPS) is 18.5. The summed E-state index contributed by atoms with van der Waals surface area (Å²) in [7, 11) is 1.92.